The average Bonchev–Trinajstić information content (AvgIpc) is 2.89. The van der Waals surface area contributed by atoms with E-state index in [1.54, 1.807) is 19.1 Å². The van der Waals surface area contributed by atoms with E-state index >= 15 is 0 Å². The summed E-state index contributed by atoms with van der Waals surface area (Å²) in [6.45, 7) is 4.66. The van der Waals surface area contributed by atoms with Crippen molar-refractivity contribution in [1.29, 1.82) is 0 Å². The van der Waals surface area contributed by atoms with Gasteiger partial charge in [-0.1, -0.05) is 80.6 Å². The van der Waals surface area contributed by atoms with Gasteiger partial charge in [0.25, 0.3) is 0 Å². The zero-order chi connectivity index (χ0) is 25.2. The molecule has 0 heterocycles. The van der Waals surface area contributed by atoms with Crippen molar-refractivity contribution in [3.63, 3.8) is 0 Å². The lowest BCUT2D eigenvalue weighted by molar-refractivity contribution is -0.141. The number of carbonyl (C=O) groups excluding carboxylic acids is 2. The van der Waals surface area contributed by atoms with Crippen LogP contribution in [0.3, 0.4) is 0 Å². The molecule has 35 heavy (non-hydrogen) atoms. The number of rotatable bonds is 11. The largest absolute Gasteiger partial charge is 0.497 e. The second-order valence-electron chi connectivity index (χ2n) is 9.09. The summed E-state index contributed by atoms with van der Waals surface area (Å²) in [6.07, 6.45) is 1.39. The van der Waals surface area contributed by atoms with E-state index in [9.17, 15) is 9.59 Å². The molecule has 0 saturated heterocycles. The Morgan fingerprint density at radius 3 is 2.20 bits per heavy atom. The third-order valence-corrected chi connectivity index (χ3v) is 6.28. The summed E-state index contributed by atoms with van der Waals surface area (Å²) >= 11 is 0. The Balaban J connectivity index is 1.85. The number of amides is 2. The number of benzene rings is 3. The van der Waals surface area contributed by atoms with Crippen molar-refractivity contribution in [2.75, 3.05) is 14.2 Å². The SMILES string of the molecule is CNC(=O)C(Cc1ccccc1)N(Cc1cccc(OC)c1)C(=O)CCc1ccc(C(C)C)cc1. The maximum absolute atomic E-state index is 13.6. The Hall–Kier alpha value is -3.60. The van der Waals surface area contributed by atoms with Crippen molar-refractivity contribution in [2.24, 2.45) is 0 Å². The minimum Gasteiger partial charge on any atom is -0.497 e. The predicted octanol–water partition coefficient (Wildman–Crippen LogP) is 5.14. The van der Waals surface area contributed by atoms with Gasteiger partial charge in [0.15, 0.2) is 0 Å². The van der Waals surface area contributed by atoms with Crippen LogP contribution in [0.25, 0.3) is 0 Å². The fraction of sp³-hybridized carbons (Fsp3) is 0.333. The van der Waals surface area contributed by atoms with Gasteiger partial charge in [0.1, 0.15) is 11.8 Å². The van der Waals surface area contributed by atoms with E-state index in [0.29, 0.717) is 31.7 Å². The molecule has 0 aromatic heterocycles. The molecule has 0 aliphatic rings. The van der Waals surface area contributed by atoms with Gasteiger partial charge < -0.3 is 15.0 Å². The van der Waals surface area contributed by atoms with E-state index in [-0.39, 0.29) is 11.8 Å². The second-order valence-corrected chi connectivity index (χ2v) is 9.09. The molecule has 1 unspecified atom stereocenters. The zero-order valence-electron chi connectivity index (χ0n) is 21.2. The number of hydrogen-bond acceptors (Lipinski definition) is 3. The normalized spacial score (nSPS) is 11.7. The topological polar surface area (TPSA) is 58.6 Å². The maximum atomic E-state index is 13.6. The van der Waals surface area contributed by atoms with Gasteiger partial charge in [-0.05, 0) is 46.7 Å². The van der Waals surface area contributed by atoms with Gasteiger partial charge in [-0.15, -0.1) is 0 Å². The average molecular weight is 473 g/mol. The fourth-order valence-corrected chi connectivity index (χ4v) is 4.15. The van der Waals surface area contributed by atoms with Crippen LogP contribution in [0.1, 0.15) is 48.4 Å². The van der Waals surface area contributed by atoms with Crippen LogP contribution in [0.15, 0.2) is 78.9 Å². The predicted molar refractivity (Wildman–Crippen MR) is 140 cm³/mol. The Morgan fingerprint density at radius 1 is 0.886 bits per heavy atom. The van der Waals surface area contributed by atoms with Crippen LogP contribution in [-0.2, 0) is 29.0 Å². The molecule has 0 bridgehead atoms. The summed E-state index contributed by atoms with van der Waals surface area (Å²) in [5.41, 5.74) is 4.32. The first-order chi connectivity index (χ1) is 16.9. The summed E-state index contributed by atoms with van der Waals surface area (Å²) in [6, 6.07) is 25.3. The standard InChI is InChI=1S/C30H36N2O3/c1-22(2)26-16-13-23(14-17-26)15-18-29(33)32(21-25-11-8-12-27(19-25)35-4)28(30(34)31-3)20-24-9-6-5-7-10-24/h5-14,16-17,19,22,28H,15,18,20-21H2,1-4H3,(H,31,34). The molecule has 5 heteroatoms. The minimum atomic E-state index is -0.621. The molecule has 2 amide bonds. The molecular weight excluding hydrogens is 436 g/mol. The number of carbonyl (C=O) groups is 2. The van der Waals surface area contributed by atoms with E-state index in [2.05, 4.69) is 43.4 Å². The molecular formula is C30H36N2O3. The van der Waals surface area contributed by atoms with Crippen LogP contribution in [0.2, 0.25) is 0 Å². The summed E-state index contributed by atoms with van der Waals surface area (Å²) in [5, 5.41) is 2.76. The van der Waals surface area contributed by atoms with Gasteiger partial charge in [-0.25, -0.2) is 0 Å². The first-order valence-electron chi connectivity index (χ1n) is 12.2. The van der Waals surface area contributed by atoms with Crippen molar-refractivity contribution in [3.8, 4) is 5.75 Å². The molecule has 3 rings (SSSR count). The first kappa shape index (κ1) is 26.0. The lowest BCUT2D eigenvalue weighted by Crippen LogP contribution is -2.49. The summed E-state index contributed by atoms with van der Waals surface area (Å²) in [5.74, 6) is 0.965. The highest BCUT2D eigenvalue weighted by Gasteiger charge is 2.29. The van der Waals surface area contributed by atoms with E-state index in [0.717, 1.165) is 22.4 Å². The van der Waals surface area contributed by atoms with Crippen LogP contribution < -0.4 is 10.1 Å². The van der Waals surface area contributed by atoms with Crippen molar-refractivity contribution in [3.05, 3.63) is 101 Å². The Morgan fingerprint density at radius 2 is 1.57 bits per heavy atom. The number of ether oxygens (including phenoxy) is 1. The minimum absolute atomic E-state index is 0.0507. The van der Waals surface area contributed by atoms with Gasteiger partial charge in [-0.2, -0.15) is 0 Å². The van der Waals surface area contributed by atoms with Crippen LogP contribution in [-0.4, -0.2) is 36.9 Å². The van der Waals surface area contributed by atoms with Gasteiger partial charge in [0.2, 0.25) is 11.8 Å². The quantitative estimate of drug-likeness (QED) is 0.421. The Bertz CT molecular complexity index is 1090. The van der Waals surface area contributed by atoms with Crippen molar-refractivity contribution in [1.82, 2.24) is 10.2 Å². The number of nitrogens with zero attached hydrogens (tertiary/aromatic N) is 1. The number of aryl methyl sites for hydroxylation is 1. The molecule has 0 aliphatic heterocycles. The molecule has 3 aromatic rings. The van der Waals surface area contributed by atoms with E-state index < -0.39 is 6.04 Å². The number of likely N-dealkylation sites (N-methyl/N-ethyl adjacent to an activating group) is 1. The van der Waals surface area contributed by atoms with Crippen LogP contribution in [0, 0.1) is 0 Å². The lowest BCUT2D eigenvalue weighted by Gasteiger charge is -2.31. The fourth-order valence-electron chi connectivity index (χ4n) is 4.15. The van der Waals surface area contributed by atoms with Gasteiger partial charge in [0, 0.05) is 26.4 Å². The highest BCUT2D eigenvalue weighted by Crippen LogP contribution is 2.20. The second kappa shape index (κ2) is 12.7. The molecule has 0 radical (unpaired) electrons. The molecule has 5 nitrogen and oxygen atoms in total. The lowest BCUT2D eigenvalue weighted by atomic mass is 9.99. The number of nitrogens with one attached hydrogen (secondary N) is 1. The third-order valence-electron chi connectivity index (χ3n) is 6.28. The summed E-state index contributed by atoms with van der Waals surface area (Å²) in [4.78, 5) is 28.4. The van der Waals surface area contributed by atoms with E-state index in [1.165, 1.54) is 5.56 Å². The highest BCUT2D eigenvalue weighted by atomic mass is 16.5. The van der Waals surface area contributed by atoms with Gasteiger partial charge >= 0.3 is 0 Å². The van der Waals surface area contributed by atoms with Gasteiger partial charge in [-0.3, -0.25) is 9.59 Å². The molecule has 0 aliphatic carbocycles. The van der Waals surface area contributed by atoms with E-state index in [4.69, 9.17) is 4.74 Å². The Labute approximate surface area is 209 Å². The van der Waals surface area contributed by atoms with Crippen molar-refractivity contribution >= 4 is 11.8 Å². The smallest absolute Gasteiger partial charge is 0.242 e. The maximum Gasteiger partial charge on any atom is 0.242 e. The molecule has 0 saturated carbocycles. The Kier molecular flexibility index (Phi) is 9.47. The summed E-state index contributed by atoms with van der Waals surface area (Å²) < 4.78 is 5.37. The van der Waals surface area contributed by atoms with Crippen LogP contribution >= 0.6 is 0 Å². The van der Waals surface area contributed by atoms with Crippen LogP contribution in [0.5, 0.6) is 5.75 Å². The summed E-state index contributed by atoms with van der Waals surface area (Å²) in [7, 11) is 3.24. The third kappa shape index (κ3) is 7.44. The molecule has 0 spiro atoms. The number of hydrogen-bond donors (Lipinski definition) is 1. The molecule has 3 aromatic carbocycles. The zero-order valence-corrected chi connectivity index (χ0v) is 21.2. The first-order valence-corrected chi connectivity index (χ1v) is 12.2. The monoisotopic (exact) mass is 472 g/mol. The molecule has 1 atom stereocenters. The molecule has 0 fully saturated rings. The van der Waals surface area contributed by atoms with Crippen molar-refractivity contribution < 1.29 is 14.3 Å². The molecule has 1 N–H and O–H groups in total. The van der Waals surface area contributed by atoms with E-state index in [1.807, 2.05) is 54.6 Å². The number of methoxy groups -OCH3 is 1. The van der Waals surface area contributed by atoms with Crippen LogP contribution in [0.4, 0.5) is 0 Å². The highest BCUT2D eigenvalue weighted by molar-refractivity contribution is 5.88. The molecule has 184 valence electrons. The van der Waals surface area contributed by atoms with Crippen molar-refractivity contribution in [2.45, 2.75) is 51.6 Å². The van der Waals surface area contributed by atoms with Gasteiger partial charge in [0.05, 0.1) is 7.11 Å².